The monoisotopic (exact) mass is 229 g/mol. The standard InChI is InChI=1S/C11H19N3.ClH/c12-10(13)14-11-4-7-1-8(5-11)3-9(2-7)6-11;/h7-9H,1-6H2,(H4,12,13,14);1H. The lowest BCUT2D eigenvalue weighted by Gasteiger charge is -2.54. The number of nitrogens with two attached hydrogens (primary N) is 2. The van der Waals surface area contributed by atoms with Crippen LogP contribution in [-0.4, -0.2) is 11.5 Å². The van der Waals surface area contributed by atoms with Crippen LogP contribution in [0.5, 0.6) is 0 Å². The second-order valence-corrected chi connectivity index (χ2v) is 5.68. The molecule has 4 aliphatic rings. The molecule has 0 atom stereocenters. The predicted octanol–water partition coefficient (Wildman–Crippen LogP) is 1.65. The Balaban J connectivity index is 0.000000853. The van der Waals surface area contributed by atoms with Gasteiger partial charge in [0.15, 0.2) is 5.96 Å². The molecule has 0 aromatic rings. The zero-order valence-corrected chi connectivity index (χ0v) is 9.80. The summed E-state index contributed by atoms with van der Waals surface area (Å²) in [5, 5.41) is 0. The molecule has 0 unspecified atom stereocenters. The summed E-state index contributed by atoms with van der Waals surface area (Å²) in [6, 6.07) is 0. The van der Waals surface area contributed by atoms with Gasteiger partial charge in [0.25, 0.3) is 0 Å². The third kappa shape index (κ3) is 1.82. The Morgan fingerprint density at radius 1 is 0.933 bits per heavy atom. The van der Waals surface area contributed by atoms with E-state index in [0.717, 1.165) is 17.8 Å². The van der Waals surface area contributed by atoms with Gasteiger partial charge in [0, 0.05) is 0 Å². The van der Waals surface area contributed by atoms with Crippen molar-refractivity contribution in [2.24, 2.45) is 34.2 Å². The maximum atomic E-state index is 5.54. The number of halogens is 1. The second kappa shape index (κ2) is 3.55. The predicted molar refractivity (Wildman–Crippen MR) is 64.0 cm³/mol. The van der Waals surface area contributed by atoms with E-state index < -0.39 is 0 Å². The van der Waals surface area contributed by atoms with E-state index in [-0.39, 0.29) is 17.9 Å². The van der Waals surface area contributed by atoms with E-state index in [4.69, 9.17) is 11.5 Å². The highest BCUT2D eigenvalue weighted by molar-refractivity contribution is 5.85. The van der Waals surface area contributed by atoms with Crippen molar-refractivity contribution in [3.8, 4) is 0 Å². The van der Waals surface area contributed by atoms with Gasteiger partial charge >= 0.3 is 0 Å². The molecule has 4 N–H and O–H groups in total. The number of rotatable bonds is 1. The minimum atomic E-state index is 0. The van der Waals surface area contributed by atoms with Crippen molar-refractivity contribution in [3.05, 3.63) is 0 Å². The summed E-state index contributed by atoms with van der Waals surface area (Å²) in [6.45, 7) is 0. The topological polar surface area (TPSA) is 64.4 Å². The smallest absolute Gasteiger partial charge is 0.186 e. The van der Waals surface area contributed by atoms with Crippen molar-refractivity contribution in [2.45, 2.75) is 44.1 Å². The molecule has 4 saturated carbocycles. The summed E-state index contributed by atoms with van der Waals surface area (Å²) in [7, 11) is 0. The van der Waals surface area contributed by atoms with E-state index in [0.29, 0.717) is 5.96 Å². The van der Waals surface area contributed by atoms with Gasteiger partial charge in [0.05, 0.1) is 5.54 Å². The molecule has 4 fully saturated rings. The molecule has 0 heterocycles. The number of guanidine groups is 1. The van der Waals surface area contributed by atoms with Crippen LogP contribution >= 0.6 is 12.4 Å². The maximum Gasteiger partial charge on any atom is 0.186 e. The minimum absolute atomic E-state index is 0. The number of aliphatic imine (C=N–C) groups is 1. The molecule has 0 radical (unpaired) electrons. The van der Waals surface area contributed by atoms with Crippen LogP contribution in [0.4, 0.5) is 0 Å². The summed E-state index contributed by atoms with van der Waals surface area (Å²) >= 11 is 0. The summed E-state index contributed by atoms with van der Waals surface area (Å²) in [6.07, 6.45) is 8.07. The summed E-state index contributed by atoms with van der Waals surface area (Å²) in [5.74, 6) is 3.06. The molecule has 3 nitrogen and oxygen atoms in total. The van der Waals surface area contributed by atoms with Gasteiger partial charge in [-0.3, -0.25) is 0 Å². The van der Waals surface area contributed by atoms with Crippen molar-refractivity contribution in [3.63, 3.8) is 0 Å². The average Bonchev–Trinajstić information content (AvgIpc) is 1.96. The van der Waals surface area contributed by atoms with Crippen molar-refractivity contribution < 1.29 is 0 Å². The lowest BCUT2D eigenvalue weighted by Crippen LogP contribution is -2.50. The molecule has 0 aromatic carbocycles. The largest absolute Gasteiger partial charge is 0.370 e. The Morgan fingerprint density at radius 3 is 1.67 bits per heavy atom. The zero-order chi connectivity index (χ0) is 9.76. The Labute approximate surface area is 97.1 Å². The Kier molecular flexibility index (Phi) is 2.61. The molecule has 4 heteroatoms. The first kappa shape index (κ1) is 11.1. The highest BCUT2D eigenvalue weighted by Crippen LogP contribution is 2.57. The van der Waals surface area contributed by atoms with Crippen LogP contribution in [0.3, 0.4) is 0 Å². The number of hydrogen-bond acceptors (Lipinski definition) is 1. The van der Waals surface area contributed by atoms with Gasteiger partial charge in [-0.05, 0) is 56.3 Å². The molecule has 4 bridgehead atoms. The molecule has 4 rings (SSSR count). The maximum absolute atomic E-state index is 5.54. The molecular weight excluding hydrogens is 210 g/mol. The van der Waals surface area contributed by atoms with Crippen molar-refractivity contribution in [1.82, 2.24) is 0 Å². The minimum Gasteiger partial charge on any atom is -0.370 e. The van der Waals surface area contributed by atoms with Crippen LogP contribution in [0.1, 0.15) is 38.5 Å². The van der Waals surface area contributed by atoms with E-state index in [1.165, 1.54) is 38.5 Å². The number of nitrogens with zero attached hydrogens (tertiary/aromatic N) is 1. The highest BCUT2D eigenvalue weighted by atomic mass is 35.5. The average molecular weight is 230 g/mol. The summed E-state index contributed by atoms with van der Waals surface area (Å²) in [4.78, 5) is 4.54. The van der Waals surface area contributed by atoms with Crippen molar-refractivity contribution in [2.75, 3.05) is 0 Å². The zero-order valence-electron chi connectivity index (χ0n) is 8.98. The van der Waals surface area contributed by atoms with Crippen LogP contribution in [0.2, 0.25) is 0 Å². The Morgan fingerprint density at radius 2 is 1.33 bits per heavy atom. The lowest BCUT2D eigenvalue weighted by molar-refractivity contribution is 0.00158. The fourth-order valence-electron chi connectivity index (χ4n) is 4.48. The molecule has 86 valence electrons. The Bertz CT molecular complexity index is 248. The molecule has 0 saturated heterocycles. The molecule has 0 aromatic heterocycles. The fraction of sp³-hybridized carbons (Fsp3) is 0.909. The molecule has 15 heavy (non-hydrogen) atoms. The number of hydrogen-bond donors (Lipinski definition) is 2. The normalized spacial score (nSPS) is 46.0. The lowest BCUT2D eigenvalue weighted by atomic mass is 9.53. The van der Waals surface area contributed by atoms with Crippen LogP contribution in [0.25, 0.3) is 0 Å². The first-order valence-corrected chi connectivity index (χ1v) is 5.76. The highest BCUT2D eigenvalue weighted by Gasteiger charge is 2.51. The molecule has 0 amide bonds. The molecule has 0 spiro atoms. The first-order valence-electron chi connectivity index (χ1n) is 5.76. The van der Waals surface area contributed by atoms with Gasteiger partial charge in [0.2, 0.25) is 0 Å². The third-order valence-electron chi connectivity index (χ3n) is 4.37. The van der Waals surface area contributed by atoms with Gasteiger partial charge in [-0.2, -0.15) is 0 Å². The summed E-state index contributed by atoms with van der Waals surface area (Å²) < 4.78 is 0. The van der Waals surface area contributed by atoms with E-state index in [1.54, 1.807) is 0 Å². The SMILES string of the molecule is Cl.NC(N)=NC12CC3CC(CC(C3)C1)C2. The van der Waals surface area contributed by atoms with Gasteiger partial charge < -0.3 is 11.5 Å². The van der Waals surface area contributed by atoms with Gasteiger partial charge in [-0.15, -0.1) is 12.4 Å². The van der Waals surface area contributed by atoms with Gasteiger partial charge in [-0.1, -0.05) is 0 Å². The van der Waals surface area contributed by atoms with Crippen LogP contribution in [0.15, 0.2) is 4.99 Å². The van der Waals surface area contributed by atoms with Crippen LogP contribution < -0.4 is 11.5 Å². The van der Waals surface area contributed by atoms with E-state index in [9.17, 15) is 0 Å². The van der Waals surface area contributed by atoms with Crippen molar-refractivity contribution in [1.29, 1.82) is 0 Å². The van der Waals surface area contributed by atoms with E-state index in [2.05, 4.69) is 4.99 Å². The summed E-state index contributed by atoms with van der Waals surface area (Å²) in [5.41, 5.74) is 11.2. The molecule has 0 aliphatic heterocycles. The fourth-order valence-corrected chi connectivity index (χ4v) is 4.48. The quantitative estimate of drug-likeness (QED) is 0.531. The third-order valence-corrected chi connectivity index (χ3v) is 4.37. The molecule has 4 aliphatic carbocycles. The second-order valence-electron chi connectivity index (χ2n) is 5.68. The van der Waals surface area contributed by atoms with E-state index >= 15 is 0 Å². The van der Waals surface area contributed by atoms with E-state index in [1.807, 2.05) is 0 Å². The van der Waals surface area contributed by atoms with Gasteiger partial charge in [-0.25, -0.2) is 4.99 Å². The Hall–Kier alpha value is -0.440. The van der Waals surface area contributed by atoms with Crippen molar-refractivity contribution >= 4 is 18.4 Å². The van der Waals surface area contributed by atoms with Crippen LogP contribution in [-0.2, 0) is 0 Å². The van der Waals surface area contributed by atoms with Crippen LogP contribution in [0, 0.1) is 17.8 Å². The first-order chi connectivity index (χ1) is 6.65. The van der Waals surface area contributed by atoms with Gasteiger partial charge in [0.1, 0.15) is 0 Å². The molecular formula is C11H20ClN3.